The average molecular weight is 339 g/mol. The van der Waals surface area contributed by atoms with Crippen LogP contribution >= 0.6 is 0 Å². The van der Waals surface area contributed by atoms with Crippen molar-refractivity contribution in [3.05, 3.63) is 48.2 Å². The van der Waals surface area contributed by atoms with Crippen molar-refractivity contribution in [1.82, 2.24) is 29.5 Å². The van der Waals surface area contributed by atoms with Crippen LogP contribution in [0.5, 0.6) is 0 Å². The van der Waals surface area contributed by atoms with Crippen molar-refractivity contribution in [3.8, 4) is 0 Å². The van der Waals surface area contributed by atoms with E-state index in [0.29, 0.717) is 24.0 Å². The number of aromatic carboxylic acids is 1. The van der Waals surface area contributed by atoms with Gasteiger partial charge in [0.2, 0.25) is 5.95 Å². The van der Waals surface area contributed by atoms with Crippen molar-refractivity contribution in [3.63, 3.8) is 0 Å². The Kier molecular flexibility index (Phi) is 3.77. The Bertz CT molecular complexity index is 911. The van der Waals surface area contributed by atoms with Crippen molar-refractivity contribution in [2.45, 2.75) is 6.04 Å². The number of carboxylic acids is 1. The van der Waals surface area contributed by atoms with Crippen molar-refractivity contribution in [2.24, 2.45) is 0 Å². The first kappa shape index (κ1) is 15.5. The fourth-order valence-electron chi connectivity index (χ4n) is 3.05. The minimum Gasteiger partial charge on any atom is -0.478 e. The zero-order valence-corrected chi connectivity index (χ0v) is 13.6. The van der Waals surface area contributed by atoms with Crippen LogP contribution in [0.1, 0.15) is 22.2 Å². The van der Waals surface area contributed by atoms with Crippen LogP contribution in [-0.2, 0) is 0 Å². The second-order valence-corrected chi connectivity index (χ2v) is 6.00. The van der Waals surface area contributed by atoms with Crippen LogP contribution in [0.25, 0.3) is 5.65 Å². The summed E-state index contributed by atoms with van der Waals surface area (Å²) in [6.45, 7) is 2.28. The Morgan fingerprint density at radius 1 is 1.20 bits per heavy atom. The van der Waals surface area contributed by atoms with E-state index < -0.39 is 5.97 Å². The number of nitrogens with zero attached hydrogens (tertiary/aromatic N) is 7. The lowest BCUT2D eigenvalue weighted by Crippen LogP contribution is -2.47. The molecule has 0 aromatic carbocycles. The SMILES string of the molecule is CN1CCN(c2ncccn2)C[C@@H]1c1nnc2ccc(C(=O)O)cn12. The van der Waals surface area contributed by atoms with Crippen LogP contribution in [0, 0.1) is 0 Å². The quantitative estimate of drug-likeness (QED) is 0.745. The maximum atomic E-state index is 11.3. The number of likely N-dealkylation sites (N-methyl/N-ethyl adjacent to an activating group) is 1. The lowest BCUT2D eigenvalue weighted by Gasteiger charge is -2.38. The van der Waals surface area contributed by atoms with Crippen LogP contribution < -0.4 is 4.90 Å². The van der Waals surface area contributed by atoms with Crippen LogP contribution in [-0.4, -0.2) is 67.2 Å². The van der Waals surface area contributed by atoms with Gasteiger partial charge in [0, 0.05) is 38.2 Å². The Morgan fingerprint density at radius 3 is 2.76 bits per heavy atom. The summed E-state index contributed by atoms with van der Waals surface area (Å²) < 4.78 is 1.75. The van der Waals surface area contributed by atoms with E-state index in [1.165, 1.54) is 6.07 Å². The number of aromatic nitrogens is 5. The molecule has 128 valence electrons. The third-order valence-corrected chi connectivity index (χ3v) is 4.46. The maximum absolute atomic E-state index is 11.3. The molecule has 0 spiro atoms. The molecule has 3 aromatic heterocycles. The van der Waals surface area contributed by atoms with Crippen LogP contribution in [0.3, 0.4) is 0 Å². The Labute approximate surface area is 143 Å². The zero-order valence-electron chi connectivity index (χ0n) is 13.6. The molecule has 25 heavy (non-hydrogen) atoms. The van der Waals surface area contributed by atoms with Crippen LogP contribution in [0.2, 0.25) is 0 Å². The molecule has 9 heteroatoms. The second kappa shape index (κ2) is 6.10. The molecule has 0 saturated carbocycles. The van der Waals surface area contributed by atoms with Crippen molar-refractivity contribution < 1.29 is 9.90 Å². The monoisotopic (exact) mass is 339 g/mol. The second-order valence-electron chi connectivity index (χ2n) is 6.00. The number of hydrogen-bond donors (Lipinski definition) is 1. The van der Waals surface area contributed by atoms with E-state index >= 15 is 0 Å². The Hall–Kier alpha value is -3.07. The summed E-state index contributed by atoms with van der Waals surface area (Å²) in [7, 11) is 2.02. The fraction of sp³-hybridized carbons (Fsp3) is 0.312. The van der Waals surface area contributed by atoms with Crippen molar-refractivity contribution in [2.75, 3.05) is 31.6 Å². The predicted molar refractivity (Wildman–Crippen MR) is 89.6 cm³/mol. The molecule has 0 radical (unpaired) electrons. The predicted octanol–water partition coefficient (Wildman–Crippen LogP) is 0.711. The lowest BCUT2D eigenvalue weighted by molar-refractivity contribution is 0.0696. The first-order chi connectivity index (χ1) is 12.1. The van der Waals surface area contributed by atoms with Gasteiger partial charge in [0.15, 0.2) is 11.5 Å². The summed E-state index contributed by atoms with van der Waals surface area (Å²) in [5.74, 6) is 0.416. The number of hydrogen-bond acceptors (Lipinski definition) is 7. The first-order valence-electron chi connectivity index (χ1n) is 7.93. The van der Waals surface area contributed by atoms with E-state index in [1.807, 2.05) is 7.05 Å². The van der Waals surface area contributed by atoms with E-state index in [9.17, 15) is 9.90 Å². The van der Waals surface area contributed by atoms with Gasteiger partial charge in [-0.05, 0) is 25.2 Å². The molecule has 1 aliphatic rings. The van der Waals surface area contributed by atoms with Gasteiger partial charge < -0.3 is 10.0 Å². The van der Waals surface area contributed by atoms with Crippen LogP contribution in [0.4, 0.5) is 5.95 Å². The molecule has 1 fully saturated rings. The highest BCUT2D eigenvalue weighted by Gasteiger charge is 2.30. The molecule has 1 atom stereocenters. The molecule has 3 aromatic rings. The van der Waals surface area contributed by atoms with E-state index in [0.717, 1.165) is 13.1 Å². The average Bonchev–Trinajstić information content (AvgIpc) is 3.06. The number of piperazine rings is 1. The minimum absolute atomic E-state index is 0.0448. The number of anilines is 1. The molecule has 9 nitrogen and oxygen atoms in total. The molecule has 4 heterocycles. The van der Waals surface area contributed by atoms with Gasteiger partial charge in [-0.25, -0.2) is 14.8 Å². The van der Waals surface area contributed by atoms with E-state index in [1.54, 1.807) is 35.1 Å². The third-order valence-electron chi connectivity index (χ3n) is 4.46. The third kappa shape index (κ3) is 2.78. The molecule has 4 rings (SSSR count). The smallest absolute Gasteiger partial charge is 0.337 e. The lowest BCUT2D eigenvalue weighted by atomic mass is 10.1. The molecular weight excluding hydrogens is 322 g/mol. The topological polar surface area (TPSA) is 99.8 Å². The van der Waals surface area contributed by atoms with Gasteiger partial charge in [-0.15, -0.1) is 10.2 Å². The van der Waals surface area contributed by atoms with Gasteiger partial charge in [0.25, 0.3) is 0 Å². The van der Waals surface area contributed by atoms with Crippen molar-refractivity contribution >= 4 is 17.6 Å². The highest BCUT2D eigenvalue weighted by Crippen LogP contribution is 2.25. The molecule has 0 aliphatic carbocycles. The minimum atomic E-state index is -0.974. The van der Waals surface area contributed by atoms with Gasteiger partial charge in [0.1, 0.15) is 0 Å². The van der Waals surface area contributed by atoms with Gasteiger partial charge in [-0.1, -0.05) is 0 Å². The molecule has 0 amide bonds. The van der Waals surface area contributed by atoms with E-state index in [2.05, 4.69) is 30.0 Å². The standard InChI is InChI=1S/C16H17N7O2/c1-21-7-8-22(16-17-5-2-6-18-16)10-12(21)14-20-19-13-4-3-11(15(24)25)9-23(13)14/h2-6,9,12H,7-8,10H2,1H3,(H,24,25)/t12-/m1/s1. The summed E-state index contributed by atoms with van der Waals surface area (Å²) in [6, 6.07) is 4.94. The maximum Gasteiger partial charge on any atom is 0.337 e. The first-order valence-corrected chi connectivity index (χ1v) is 7.93. The van der Waals surface area contributed by atoms with Gasteiger partial charge in [-0.3, -0.25) is 9.30 Å². The summed E-state index contributed by atoms with van der Waals surface area (Å²) >= 11 is 0. The fourth-order valence-corrected chi connectivity index (χ4v) is 3.05. The summed E-state index contributed by atoms with van der Waals surface area (Å²) in [6.07, 6.45) is 5.02. The van der Waals surface area contributed by atoms with Gasteiger partial charge in [-0.2, -0.15) is 0 Å². The largest absolute Gasteiger partial charge is 0.478 e. The Morgan fingerprint density at radius 2 is 2.00 bits per heavy atom. The normalized spacial score (nSPS) is 18.6. The summed E-state index contributed by atoms with van der Waals surface area (Å²) in [4.78, 5) is 24.2. The number of fused-ring (bicyclic) bond motifs is 1. The van der Waals surface area contributed by atoms with Crippen LogP contribution in [0.15, 0.2) is 36.8 Å². The summed E-state index contributed by atoms with van der Waals surface area (Å²) in [5.41, 5.74) is 0.830. The number of carboxylic acid groups (broad SMARTS) is 1. The molecule has 0 unspecified atom stereocenters. The Balaban J connectivity index is 1.71. The zero-order chi connectivity index (χ0) is 17.4. The number of pyridine rings is 1. The summed E-state index contributed by atoms with van der Waals surface area (Å²) in [5, 5.41) is 17.7. The number of rotatable bonds is 3. The molecule has 0 bridgehead atoms. The van der Waals surface area contributed by atoms with Gasteiger partial charge >= 0.3 is 5.97 Å². The van der Waals surface area contributed by atoms with Crippen molar-refractivity contribution in [1.29, 1.82) is 0 Å². The molecule has 1 saturated heterocycles. The highest BCUT2D eigenvalue weighted by atomic mass is 16.4. The molecule has 1 N–H and O–H groups in total. The van der Waals surface area contributed by atoms with E-state index in [4.69, 9.17) is 0 Å². The molecule has 1 aliphatic heterocycles. The van der Waals surface area contributed by atoms with E-state index in [-0.39, 0.29) is 11.6 Å². The number of carbonyl (C=O) groups is 1. The highest BCUT2D eigenvalue weighted by molar-refractivity contribution is 5.87. The molecular formula is C16H17N7O2. The van der Waals surface area contributed by atoms with Gasteiger partial charge in [0.05, 0.1) is 11.6 Å².